The summed E-state index contributed by atoms with van der Waals surface area (Å²) in [4.78, 5) is 18.6. The SMILES string of the molecule is COc1ccc(-c2noc(CN3C(=O)COc4cc(C(C)(C)C)ccc43)n2)cc1OC. The second-order valence-electron chi connectivity index (χ2n) is 8.28. The smallest absolute Gasteiger partial charge is 0.265 e. The van der Waals surface area contributed by atoms with Crippen molar-refractivity contribution >= 4 is 11.6 Å². The molecular formula is C23H25N3O5. The second kappa shape index (κ2) is 7.94. The minimum Gasteiger partial charge on any atom is -0.493 e. The normalized spacial score (nSPS) is 13.6. The van der Waals surface area contributed by atoms with E-state index < -0.39 is 0 Å². The van der Waals surface area contributed by atoms with Crippen LogP contribution in [0.2, 0.25) is 0 Å². The summed E-state index contributed by atoms with van der Waals surface area (Å²) in [6.45, 7) is 6.53. The fourth-order valence-electron chi connectivity index (χ4n) is 3.39. The molecule has 0 fully saturated rings. The molecule has 0 saturated carbocycles. The van der Waals surface area contributed by atoms with Crippen LogP contribution >= 0.6 is 0 Å². The van der Waals surface area contributed by atoms with Gasteiger partial charge in [0.15, 0.2) is 18.1 Å². The molecule has 0 N–H and O–H groups in total. The zero-order chi connectivity index (χ0) is 22.2. The lowest BCUT2D eigenvalue weighted by Crippen LogP contribution is -2.38. The molecule has 0 saturated heterocycles. The summed E-state index contributed by atoms with van der Waals surface area (Å²) in [6.07, 6.45) is 0. The highest BCUT2D eigenvalue weighted by atomic mass is 16.5. The fraction of sp³-hybridized carbons (Fsp3) is 0.348. The zero-order valence-electron chi connectivity index (χ0n) is 18.3. The minimum atomic E-state index is -0.165. The summed E-state index contributed by atoms with van der Waals surface area (Å²) in [5.41, 5.74) is 2.52. The predicted molar refractivity (Wildman–Crippen MR) is 115 cm³/mol. The predicted octanol–water partition coefficient (Wildman–Crippen LogP) is 3.98. The highest BCUT2D eigenvalue weighted by Crippen LogP contribution is 2.37. The number of nitrogens with zero attached hydrogens (tertiary/aromatic N) is 3. The van der Waals surface area contributed by atoms with E-state index in [4.69, 9.17) is 18.7 Å². The Morgan fingerprint density at radius 2 is 1.84 bits per heavy atom. The van der Waals surface area contributed by atoms with Crippen molar-refractivity contribution in [1.82, 2.24) is 10.1 Å². The Morgan fingerprint density at radius 3 is 2.55 bits per heavy atom. The van der Waals surface area contributed by atoms with E-state index in [1.807, 2.05) is 24.3 Å². The maximum atomic E-state index is 12.6. The number of carbonyl (C=O) groups is 1. The van der Waals surface area contributed by atoms with Gasteiger partial charge in [-0.2, -0.15) is 4.98 Å². The third-order valence-corrected chi connectivity index (χ3v) is 5.17. The first-order valence-electron chi connectivity index (χ1n) is 9.93. The molecule has 0 unspecified atom stereocenters. The average molecular weight is 423 g/mol. The molecular weight excluding hydrogens is 398 g/mol. The van der Waals surface area contributed by atoms with Gasteiger partial charge in [-0.25, -0.2) is 0 Å². The summed E-state index contributed by atoms with van der Waals surface area (Å²) in [7, 11) is 3.14. The summed E-state index contributed by atoms with van der Waals surface area (Å²) >= 11 is 0. The van der Waals surface area contributed by atoms with Gasteiger partial charge in [-0.05, 0) is 41.3 Å². The largest absolute Gasteiger partial charge is 0.493 e. The van der Waals surface area contributed by atoms with Gasteiger partial charge in [0.2, 0.25) is 11.7 Å². The van der Waals surface area contributed by atoms with Gasteiger partial charge in [0.05, 0.1) is 19.9 Å². The van der Waals surface area contributed by atoms with Gasteiger partial charge in [-0.1, -0.05) is 32.0 Å². The molecule has 1 aromatic heterocycles. The number of carbonyl (C=O) groups excluding carboxylic acids is 1. The highest BCUT2D eigenvalue weighted by Gasteiger charge is 2.29. The summed E-state index contributed by atoms with van der Waals surface area (Å²) in [5, 5.41) is 4.06. The summed E-state index contributed by atoms with van der Waals surface area (Å²) in [6, 6.07) is 11.3. The van der Waals surface area contributed by atoms with Crippen LogP contribution in [0.1, 0.15) is 32.2 Å². The minimum absolute atomic E-state index is 0.0223. The van der Waals surface area contributed by atoms with Crippen LogP contribution in [0.15, 0.2) is 40.9 Å². The topological polar surface area (TPSA) is 86.9 Å². The van der Waals surface area contributed by atoms with Crippen molar-refractivity contribution in [1.29, 1.82) is 0 Å². The van der Waals surface area contributed by atoms with Crippen molar-refractivity contribution in [2.24, 2.45) is 0 Å². The van der Waals surface area contributed by atoms with Crippen LogP contribution in [0.5, 0.6) is 17.2 Å². The molecule has 31 heavy (non-hydrogen) atoms. The Bertz CT molecular complexity index is 1120. The number of anilines is 1. The van der Waals surface area contributed by atoms with E-state index in [1.165, 1.54) is 0 Å². The number of benzene rings is 2. The molecule has 8 nitrogen and oxygen atoms in total. The van der Waals surface area contributed by atoms with E-state index in [-0.39, 0.29) is 24.5 Å². The number of amides is 1. The van der Waals surface area contributed by atoms with Gasteiger partial charge in [-0.3, -0.25) is 9.69 Å². The van der Waals surface area contributed by atoms with E-state index >= 15 is 0 Å². The Hall–Kier alpha value is -3.55. The van der Waals surface area contributed by atoms with E-state index in [9.17, 15) is 4.79 Å². The van der Waals surface area contributed by atoms with Gasteiger partial charge < -0.3 is 18.7 Å². The third-order valence-electron chi connectivity index (χ3n) is 5.17. The standard InChI is InChI=1S/C23H25N3O5/c1-23(2,3)15-7-8-16-18(11-15)30-13-21(27)26(16)12-20-24-22(25-31-20)14-6-9-17(28-4)19(10-14)29-5/h6-11H,12-13H2,1-5H3. The summed E-state index contributed by atoms with van der Waals surface area (Å²) < 4.78 is 21.7. The average Bonchev–Trinajstić information content (AvgIpc) is 3.23. The molecule has 0 atom stereocenters. The fourth-order valence-corrected chi connectivity index (χ4v) is 3.39. The molecule has 1 amide bonds. The third kappa shape index (κ3) is 4.05. The van der Waals surface area contributed by atoms with Crippen molar-refractivity contribution < 1.29 is 23.5 Å². The molecule has 2 aromatic carbocycles. The maximum absolute atomic E-state index is 12.6. The van der Waals surface area contributed by atoms with Gasteiger partial charge >= 0.3 is 0 Å². The molecule has 2 heterocycles. The number of fused-ring (bicyclic) bond motifs is 1. The molecule has 0 radical (unpaired) electrons. The zero-order valence-corrected chi connectivity index (χ0v) is 18.3. The maximum Gasteiger partial charge on any atom is 0.265 e. The van der Waals surface area contributed by atoms with Crippen LogP contribution in [0, 0.1) is 0 Å². The van der Waals surface area contributed by atoms with Gasteiger partial charge in [0.25, 0.3) is 5.91 Å². The molecule has 1 aliphatic heterocycles. The number of rotatable bonds is 5. The molecule has 8 heteroatoms. The van der Waals surface area contributed by atoms with Crippen molar-refractivity contribution in [2.45, 2.75) is 32.7 Å². The number of hydrogen-bond donors (Lipinski definition) is 0. The first kappa shape index (κ1) is 20.7. The Balaban J connectivity index is 1.60. The highest BCUT2D eigenvalue weighted by molar-refractivity contribution is 5.97. The quantitative estimate of drug-likeness (QED) is 0.613. The molecule has 0 bridgehead atoms. The lowest BCUT2D eigenvalue weighted by atomic mass is 9.86. The number of ether oxygens (including phenoxy) is 3. The molecule has 3 aromatic rings. The van der Waals surface area contributed by atoms with Crippen LogP contribution in [0.3, 0.4) is 0 Å². The first-order chi connectivity index (χ1) is 14.8. The monoisotopic (exact) mass is 423 g/mol. The van der Waals surface area contributed by atoms with Crippen molar-refractivity contribution in [3.05, 3.63) is 47.9 Å². The lowest BCUT2D eigenvalue weighted by Gasteiger charge is -2.30. The van der Waals surface area contributed by atoms with Gasteiger partial charge in [-0.15, -0.1) is 0 Å². The van der Waals surface area contributed by atoms with E-state index in [1.54, 1.807) is 31.3 Å². The van der Waals surface area contributed by atoms with Crippen LogP contribution in [-0.4, -0.2) is 36.9 Å². The van der Waals surface area contributed by atoms with Crippen LogP contribution in [0.4, 0.5) is 5.69 Å². The number of methoxy groups -OCH3 is 2. The number of aromatic nitrogens is 2. The van der Waals surface area contributed by atoms with E-state index in [2.05, 4.69) is 30.9 Å². The molecule has 0 spiro atoms. The second-order valence-corrected chi connectivity index (χ2v) is 8.28. The summed E-state index contributed by atoms with van der Waals surface area (Å²) in [5.74, 6) is 2.41. The van der Waals surface area contributed by atoms with Crippen molar-refractivity contribution in [3.8, 4) is 28.6 Å². The van der Waals surface area contributed by atoms with Gasteiger partial charge in [0.1, 0.15) is 12.3 Å². The van der Waals surface area contributed by atoms with Crippen molar-refractivity contribution in [3.63, 3.8) is 0 Å². The molecule has 1 aliphatic rings. The Kier molecular flexibility index (Phi) is 5.31. The molecule has 162 valence electrons. The lowest BCUT2D eigenvalue weighted by molar-refractivity contribution is -0.121. The van der Waals surface area contributed by atoms with E-state index in [0.717, 1.165) is 11.1 Å². The Labute approximate surface area is 180 Å². The first-order valence-corrected chi connectivity index (χ1v) is 9.93. The molecule has 4 rings (SSSR count). The van der Waals surface area contributed by atoms with Gasteiger partial charge in [0, 0.05) is 5.56 Å². The van der Waals surface area contributed by atoms with Crippen LogP contribution < -0.4 is 19.1 Å². The van der Waals surface area contributed by atoms with Crippen LogP contribution in [0.25, 0.3) is 11.4 Å². The Morgan fingerprint density at radius 1 is 1.06 bits per heavy atom. The van der Waals surface area contributed by atoms with Crippen molar-refractivity contribution in [2.75, 3.05) is 25.7 Å². The number of hydrogen-bond acceptors (Lipinski definition) is 7. The molecule has 0 aliphatic carbocycles. The van der Waals surface area contributed by atoms with Crippen LogP contribution in [-0.2, 0) is 16.8 Å². The van der Waals surface area contributed by atoms with E-state index in [0.29, 0.717) is 34.7 Å².